The summed E-state index contributed by atoms with van der Waals surface area (Å²) in [6, 6.07) is 16.0. The molecule has 0 atom stereocenters. The van der Waals surface area contributed by atoms with E-state index < -0.39 is 0 Å². The predicted molar refractivity (Wildman–Crippen MR) is 114 cm³/mol. The van der Waals surface area contributed by atoms with Crippen molar-refractivity contribution in [3.63, 3.8) is 0 Å². The van der Waals surface area contributed by atoms with Gasteiger partial charge in [-0.2, -0.15) is 0 Å². The van der Waals surface area contributed by atoms with Crippen LogP contribution in [-0.2, 0) is 5.54 Å². The lowest BCUT2D eigenvalue weighted by Crippen LogP contribution is -2.51. The van der Waals surface area contributed by atoms with E-state index in [2.05, 4.69) is 39.6 Å². The third-order valence-corrected chi connectivity index (χ3v) is 6.06. The zero-order chi connectivity index (χ0) is 20.7. The van der Waals surface area contributed by atoms with Crippen molar-refractivity contribution in [2.24, 2.45) is 0 Å². The van der Waals surface area contributed by atoms with E-state index >= 15 is 0 Å². The van der Waals surface area contributed by atoms with Crippen LogP contribution in [0.15, 0.2) is 60.8 Å². The molecule has 2 amide bonds. The molecule has 2 aliphatic heterocycles. The Hall–Kier alpha value is -3.48. The van der Waals surface area contributed by atoms with E-state index in [1.54, 1.807) is 24.1 Å². The number of fused-ring (bicyclic) bond motifs is 4. The van der Waals surface area contributed by atoms with Crippen LogP contribution in [0.4, 0.5) is 20.6 Å². The van der Waals surface area contributed by atoms with Gasteiger partial charge in [-0.15, -0.1) is 0 Å². The first-order chi connectivity index (χ1) is 14.6. The molecule has 3 aromatic rings. The van der Waals surface area contributed by atoms with E-state index in [1.807, 2.05) is 12.1 Å². The molecule has 7 heteroatoms. The second-order valence-corrected chi connectivity index (χ2v) is 7.78. The highest BCUT2D eigenvalue weighted by Crippen LogP contribution is 2.44. The quantitative estimate of drug-likeness (QED) is 0.655. The van der Waals surface area contributed by atoms with Crippen molar-refractivity contribution < 1.29 is 13.9 Å². The van der Waals surface area contributed by atoms with Gasteiger partial charge in [0.25, 0.3) is 0 Å². The van der Waals surface area contributed by atoms with Gasteiger partial charge in [0, 0.05) is 36.7 Å². The van der Waals surface area contributed by atoms with Crippen LogP contribution in [0.2, 0.25) is 0 Å². The number of rotatable bonds is 2. The Morgan fingerprint density at radius 1 is 1.13 bits per heavy atom. The van der Waals surface area contributed by atoms with Gasteiger partial charge in [-0.05, 0) is 55.3 Å². The van der Waals surface area contributed by atoms with Crippen LogP contribution in [0.25, 0.3) is 5.69 Å². The molecular formula is C23H23FN4O2. The Bertz CT molecular complexity index is 1100. The maximum Gasteiger partial charge on any atom is 0.321 e. The van der Waals surface area contributed by atoms with Crippen LogP contribution in [0, 0.1) is 5.82 Å². The lowest BCUT2D eigenvalue weighted by molar-refractivity contribution is 0.174. The molecular weight excluding hydrogens is 383 g/mol. The lowest BCUT2D eigenvalue weighted by Gasteiger charge is -2.46. The molecule has 0 aliphatic carbocycles. The number of carbonyl (C=O) groups is 1. The third-order valence-electron chi connectivity index (χ3n) is 6.06. The Morgan fingerprint density at radius 3 is 2.73 bits per heavy atom. The molecule has 0 radical (unpaired) electrons. The van der Waals surface area contributed by atoms with Crippen LogP contribution >= 0.6 is 0 Å². The van der Waals surface area contributed by atoms with Gasteiger partial charge < -0.3 is 24.8 Å². The number of nitrogens with one attached hydrogen (secondary N) is 2. The molecule has 0 unspecified atom stereocenters. The minimum Gasteiger partial charge on any atom is -0.497 e. The zero-order valence-electron chi connectivity index (χ0n) is 16.7. The van der Waals surface area contributed by atoms with Crippen molar-refractivity contribution in [3.8, 4) is 11.4 Å². The number of halogens is 1. The number of urea groups is 1. The van der Waals surface area contributed by atoms with Gasteiger partial charge in [0.1, 0.15) is 11.6 Å². The average Bonchev–Trinajstić information content (AvgIpc) is 3.25. The zero-order valence-corrected chi connectivity index (χ0v) is 16.7. The third kappa shape index (κ3) is 3.07. The lowest BCUT2D eigenvalue weighted by atomic mass is 9.82. The summed E-state index contributed by atoms with van der Waals surface area (Å²) in [5.41, 5.74) is 3.53. The van der Waals surface area contributed by atoms with Crippen molar-refractivity contribution in [1.82, 2.24) is 9.47 Å². The predicted octanol–water partition coefficient (Wildman–Crippen LogP) is 4.57. The maximum absolute atomic E-state index is 13.4. The number of likely N-dealkylation sites (tertiary alicyclic amines) is 1. The number of aromatic nitrogens is 1. The number of anilines is 2. The minimum absolute atomic E-state index is 0.205. The van der Waals surface area contributed by atoms with Crippen LogP contribution in [-0.4, -0.2) is 35.7 Å². The van der Waals surface area contributed by atoms with Gasteiger partial charge in [-0.25, -0.2) is 9.18 Å². The highest BCUT2D eigenvalue weighted by atomic mass is 19.1. The van der Waals surface area contributed by atoms with Gasteiger partial charge in [0.05, 0.1) is 24.0 Å². The summed E-state index contributed by atoms with van der Waals surface area (Å²) in [6.45, 7) is 1.19. The second-order valence-electron chi connectivity index (χ2n) is 7.78. The van der Waals surface area contributed by atoms with Crippen molar-refractivity contribution in [3.05, 3.63) is 72.3 Å². The molecule has 30 heavy (non-hydrogen) atoms. The first-order valence-corrected chi connectivity index (χ1v) is 10.0. The van der Waals surface area contributed by atoms with E-state index in [4.69, 9.17) is 4.74 Å². The van der Waals surface area contributed by atoms with Gasteiger partial charge in [-0.3, -0.25) is 0 Å². The summed E-state index contributed by atoms with van der Waals surface area (Å²) in [7, 11) is 1.66. The van der Waals surface area contributed by atoms with E-state index in [-0.39, 0.29) is 17.4 Å². The Kier molecular flexibility index (Phi) is 4.38. The maximum atomic E-state index is 13.4. The molecule has 0 bridgehead atoms. The molecule has 5 rings (SSSR count). The standard InChI is InChI=1S/C23H23FN4O2/c1-30-18-7-8-20-19(15-18)26-23(21-6-3-11-28(20)21)9-12-27(13-10-23)22(29)25-17-5-2-4-16(24)14-17/h2-8,11,14-15,26H,9-10,12-13H2,1H3,(H,25,29). The molecule has 1 spiro atoms. The Labute approximate surface area is 174 Å². The molecule has 6 nitrogen and oxygen atoms in total. The highest BCUT2D eigenvalue weighted by molar-refractivity contribution is 5.89. The molecule has 2 aromatic carbocycles. The fraction of sp³-hybridized carbons (Fsp3) is 0.261. The minimum atomic E-state index is -0.369. The number of piperidine rings is 1. The summed E-state index contributed by atoms with van der Waals surface area (Å²) < 4.78 is 21.0. The number of amides is 2. The topological polar surface area (TPSA) is 58.5 Å². The normalized spacial score (nSPS) is 16.4. The van der Waals surface area contributed by atoms with Gasteiger partial charge >= 0.3 is 6.03 Å². The number of carbonyl (C=O) groups excluding carboxylic acids is 1. The second kappa shape index (κ2) is 7.09. The molecule has 2 N–H and O–H groups in total. The fourth-order valence-electron chi connectivity index (χ4n) is 4.50. The molecule has 1 saturated heterocycles. The number of hydrogen-bond acceptors (Lipinski definition) is 3. The molecule has 2 aliphatic rings. The molecule has 0 saturated carbocycles. The van der Waals surface area contributed by atoms with Gasteiger partial charge in [-0.1, -0.05) is 6.07 Å². The largest absolute Gasteiger partial charge is 0.497 e. The van der Waals surface area contributed by atoms with Crippen LogP contribution in [0.1, 0.15) is 18.5 Å². The van der Waals surface area contributed by atoms with Crippen molar-refractivity contribution in [2.75, 3.05) is 30.8 Å². The Balaban J connectivity index is 1.36. The van der Waals surface area contributed by atoms with E-state index in [0.29, 0.717) is 18.8 Å². The number of hydrogen-bond donors (Lipinski definition) is 2. The Morgan fingerprint density at radius 2 is 1.97 bits per heavy atom. The summed E-state index contributed by atoms with van der Waals surface area (Å²) >= 11 is 0. The number of benzene rings is 2. The molecule has 154 valence electrons. The van der Waals surface area contributed by atoms with Crippen molar-refractivity contribution in [2.45, 2.75) is 18.4 Å². The van der Waals surface area contributed by atoms with Crippen molar-refractivity contribution >= 4 is 17.4 Å². The summed E-state index contributed by atoms with van der Waals surface area (Å²) in [4.78, 5) is 14.5. The SMILES string of the molecule is COc1ccc2c(c1)NC1(CCN(C(=O)Nc3cccc(F)c3)CC1)c1cccn1-2. The molecule has 1 aromatic heterocycles. The molecule has 1 fully saturated rings. The summed E-state index contributed by atoms with van der Waals surface area (Å²) in [5.74, 6) is 0.436. The first-order valence-electron chi connectivity index (χ1n) is 10.0. The van der Waals surface area contributed by atoms with E-state index in [1.165, 1.54) is 17.8 Å². The van der Waals surface area contributed by atoms with Gasteiger partial charge in [0.2, 0.25) is 0 Å². The smallest absolute Gasteiger partial charge is 0.321 e. The van der Waals surface area contributed by atoms with Crippen LogP contribution in [0.5, 0.6) is 5.75 Å². The van der Waals surface area contributed by atoms with Gasteiger partial charge in [0.15, 0.2) is 0 Å². The summed E-state index contributed by atoms with van der Waals surface area (Å²) in [5, 5.41) is 6.53. The monoisotopic (exact) mass is 406 g/mol. The average molecular weight is 406 g/mol. The molecule has 3 heterocycles. The van der Waals surface area contributed by atoms with Crippen LogP contribution in [0.3, 0.4) is 0 Å². The number of methoxy groups -OCH3 is 1. The number of ether oxygens (including phenoxy) is 1. The van der Waals surface area contributed by atoms with E-state index in [0.717, 1.165) is 30.0 Å². The number of nitrogens with zero attached hydrogens (tertiary/aromatic N) is 2. The fourth-order valence-corrected chi connectivity index (χ4v) is 4.50. The highest BCUT2D eigenvalue weighted by Gasteiger charge is 2.42. The first kappa shape index (κ1) is 18.5. The van der Waals surface area contributed by atoms with E-state index in [9.17, 15) is 9.18 Å². The summed E-state index contributed by atoms with van der Waals surface area (Å²) in [6.07, 6.45) is 3.61. The van der Waals surface area contributed by atoms with Crippen LogP contribution < -0.4 is 15.4 Å². The van der Waals surface area contributed by atoms with Crippen molar-refractivity contribution in [1.29, 1.82) is 0 Å².